The van der Waals surface area contributed by atoms with Crippen molar-refractivity contribution in [2.75, 3.05) is 10.6 Å². The monoisotopic (exact) mass is 332 g/mol. The minimum atomic E-state index is -0.932. The van der Waals surface area contributed by atoms with E-state index in [-0.39, 0.29) is 0 Å². The molecule has 4 nitrogen and oxygen atoms in total. The number of rotatable bonds is 4. The fraction of sp³-hybridized carbons (Fsp3) is 0. The van der Waals surface area contributed by atoms with Crippen LogP contribution < -0.4 is 10.6 Å². The number of aromatic nitrogens is 2. The summed E-state index contributed by atoms with van der Waals surface area (Å²) in [6, 6.07) is 12.4. The zero-order valence-corrected chi connectivity index (χ0v) is 12.5. The summed E-state index contributed by atoms with van der Waals surface area (Å²) >= 11 is 6.08. The number of nitrogens with one attached hydrogen (secondary N) is 2. The van der Waals surface area contributed by atoms with Crippen LogP contribution in [0.2, 0.25) is 5.02 Å². The molecule has 0 radical (unpaired) electrons. The molecular weight excluding hydrogens is 322 g/mol. The summed E-state index contributed by atoms with van der Waals surface area (Å²) in [5.41, 5.74) is 1.08. The fourth-order valence-corrected chi connectivity index (χ4v) is 2.10. The van der Waals surface area contributed by atoms with E-state index in [0.29, 0.717) is 28.0 Å². The molecule has 2 aromatic carbocycles. The van der Waals surface area contributed by atoms with Crippen LogP contribution in [0.3, 0.4) is 0 Å². The Balaban J connectivity index is 1.79. The minimum Gasteiger partial charge on any atom is -0.340 e. The summed E-state index contributed by atoms with van der Waals surface area (Å²) in [6.45, 7) is 0. The van der Waals surface area contributed by atoms with Gasteiger partial charge in [0.25, 0.3) is 0 Å². The van der Waals surface area contributed by atoms with E-state index in [1.54, 1.807) is 12.1 Å². The highest BCUT2D eigenvalue weighted by Gasteiger charge is 2.05. The molecule has 7 heteroatoms. The molecule has 0 fully saturated rings. The van der Waals surface area contributed by atoms with E-state index in [0.717, 1.165) is 12.1 Å². The van der Waals surface area contributed by atoms with Crippen LogP contribution in [0.15, 0.2) is 54.9 Å². The number of halogens is 3. The van der Waals surface area contributed by atoms with Gasteiger partial charge in [-0.05, 0) is 24.3 Å². The molecule has 3 aromatic rings. The Labute approximate surface area is 136 Å². The predicted molar refractivity (Wildman–Crippen MR) is 86.4 cm³/mol. The predicted octanol–water partition coefficient (Wildman–Crippen LogP) is 4.90. The number of hydrogen-bond donors (Lipinski definition) is 2. The lowest BCUT2D eigenvalue weighted by Crippen LogP contribution is -1.99. The summed E-state index contributed by atoms with van der Waals surface area (Å²) in [7, 11) is 0. The van der Waals surface area contributed by atoms with Crippen molar-refractivity contribution in [3.05, 3.63) is 71.5 Å². The third-order valence-corrected chi connectivity index (χ3v) is 3.33. The van der Waals surface area contributed by atoms with Crippen LogP contribution in [0, 0.1) is 11.6 Å². The number of anilines is 4. The van der Waals surface area contributed by atoms with E-state index in [4.69, 9.17) is 11.6 Å². The average Bonchev–Trinajstić information content (AvgIpc) is 2.54. The first-order chi connectivity index (χ1) is 11.1. The largest absolute Gasteiger partial charge is 0.340 e. The van der Waals surface area contributed by atoms with Crippen LogP contribution in [-0.4, -0.2) is 9.97 Å². The average molecular weight is 333 g/mol. The van der Waals surface area contributed by atoms with Crippen molar-refractivity contribution >= 4 is 34.6 Å². The Morgan fingerprint density at radius 2 is 1.57 bits per heavy atom. The van der Waals surface area contributed by atoms with Crippen molar-refractivity contribution in [1.82, 2.24) is 9.97 Å². The van der Waals surface area contributed by atoms with Crippen molar-refractivity contribution in [3.8, 4) is 0 Å². The molecule has 0 saturated heterocycles. The normalized spacial score (nSPS) is 10.4. The van der Waals surface area contributed by atoms with Crippen molar-refractivity contribution < 1.29 is 8.78 Å². The Bertz CT molecular complexity index is 842. The minimum absolute atomic E-state index is 0.381. The topological polar surface area (TPSA) is 49.8 Å². The summed E-state index contributed by atoms with van der Waals surface area (Å²) in [6.07, 6.45) is 1.35. The third kappa shape index (κ3) is 3.73. The fourth-order valence-electron chi connectivity index (χ4n) is 1.92. The first-order valence-corrected chi connectivity index (χ1v) is 7.05. The molecule has 1 aromatic heterocycles. The van der Waals surface area contributed by atoms with Gasteiger partial charge < -0.3 is 10.6 Å². The van der Waals surface area contributed by atoms with Gasteiger partial charge in [-0.3, -0.25) is 0 Å². The van der Waals surface area contributed by atoms with Gasteiger partial charge in [-0.2, -0.15) is 0 Å². The molecule has 116 valence electrons. The summed E-state index contributed by atoms with van der Waals surface area (Å²) < 4.78 is 26.1. The number of benzene rings is 2. The van der Waals surface area contributed by atoms with Gasteiger partial charge in [0, 0.05) is 17.8 Å². The maximum Gasteiger partial charge on any atom is 0.160 e. The molecule has 0 aliphatic heterocycles. The smallest absolute Gasteiger partial charge is 0.160 e. The van der Waals surface area contributed by atoms with Gasteiger partial charge in [0.1, 0.15) is 18.0 Å². The number of hydrogen-bond acceptors (Lipinski definition) is 4. The van der Waals surface area contributed by atoms with E-state index < -0.39 is 11.6 Å². The van der Waals surface area contributed by atoms with Gasteiger partial charge in [0.05, 0.1) is 10.7 Å². The molecule has 0 saturated carbocycles. The van der Waals surface area contributed by atoms with E-state index in [1.165, 1.54) is 12.4 Å². The third-order valence-electron chi connectivity index (χ3n) is 3.00. The van der Waals surface area contributed by atoms with Crippen molar-refractivity contribution in [2.45, 2.75) is 0 Å². The van der Waals surface area contributed by atoms with Crippen LogP contribution in [0.25, 0.3) is 0 Å². The van der Waals surface area contributed by atoms with Crippen molar-refractivity contribution in [2.24, 2.45) is 0 Å². The van der Waals surface area contributed by atoms with Crippen molar-refractivity contribution in [1.29, 1.82) is 0 Å². The highest BCUT2D eigenvalue weighted by atomic mass is 35.5. The molecule has 0 aliphatic rings. The highest BCUT2D eigenvalue weighted by Crippen LogP contribution is 2.25. The molecule has 3 rings (SSSR count). The van der Waals surface area contributed by atoms with Crippen LogP contribution >= 0.6 is 11.6 Å². The maximum absolute atomic E-state index is 13.2. The molecule has 0 amide bonds. The first kappa shape index (κ1) is 15.2. The summed E-state index contributed by atoms with van der Waals surface area (Å²) in [4.78, 5) is 8.13. The molecule has 1 heterocycles. The Morgan fingerprint density at radius 3 is 2.30 bits per heavy atom. The van der Waals surface area contributed by atoms with Gasteiger partial charge in [-0.25, -0.2) is 18.7 Å². The Kier molecular flexibility index (Phi) is 4.34. The molecule has 0 unspecified atom stereocenters. The Hall–Kier alpha value is -2.73. The van der Waals surface area contributed by atoms with E-state index >= 15 is 0 Å². The van der Waals surface area contributed by atoms with Gasteiger partial charge in [0.15, 0.2) is 11.6 Å². The molecule has 0 aliphatic carbocycles. The number of nitrogens with zero attached hydrogens (tertiary/aromatic N) is 2. The first-order valence-electron chi connectivity index (χ1n) is 6.67. The summed E-state index contributed by atoms with van der Waals surface area (Å²) in [5, 5.41) is 6.50. The van der Waals surface area contributed by atoms with Crippen LogP contribution in [-0.2, 0) is 0 Å². The number of para-hydroxylation sites is 1. The molecular formula is C16H11ClF2N4. The standard InChI is InChI=1S/C16H11ClF2N4/c17-11-3-1-2-4-14(11)23-16-8-15(20-9-21-16)22-10-5-6-12(18)13(19)7-10/h1-9H,(H2,20,21,22,23). The molecule has 0 spiro atoms. The zero-order valence-electron chi connectivity index (χ0n) is 11.7. The second kappa shape index (κ2) is 6.58. The van der Waals surface area contributed by atoms with E-state index in [2.05, 4.69) is 20.6 Å². The second-order valence-corrected chi connectivity index (χ2v) is 5.05. The lowest BCUT2D eigenvalue weighted by molar-refractivity contribution is 0.509. The van der Waals surface area contributed by atoms with Crippen LogP contribution in [0.5, 0.6) is 0 Å². The molecule has 23 heavy (non-hydrogen) atoms. The van der Waals surface area contributed by atoms with Gasteiger partial charge in [0.2, 0.25) is 0 Å². The van der Waals surface area contributed by atoms with Crippen LogP contribution in [0.1, 0.15) is 0 Å². The highest BCUT2D eigenvalue weighted by molar-refractivity contribution is 6.33. The summed E-state index contributed by atoms with van der Waals surface area (Å²) in [5.74, 6) is -0.892. The molecule has 0 atom stereocenters. The SMILES string of the molecule is Fc1ccc(Nc2cc(Nc3ccccc3Cl)ncn2)cc1F. The van der Waals surface area contributed by atoms with E-state index in [1.807, 2.05) is 18.2 Å². The lowest BCUT2D eigenvalue weighted by Gasteiger charge is -2.10. The molecule has 2 N–H and O–H groups in total. The zero-order chi connectivity index (χ0) is 16.2. The molecule has 0 bridgehead atoms. The maximum atomic E-state index is 13.2. The van der Waals surface area contributed by atoms with Gasteiger partial charge in [-0.15, -0.1) is 0 Å². The second-order valence-electron chi connectivity index (χ2n) is 4.65. The van der Waals surface area contributed by atoms with Crippen LogP contribution in [0.4, 0.5) is 31.8 Å². The lowest BCUT2D eigenvalue weighted by atomic mass is 10.3. The quantitative estimate of drug-likeness (QED) is 0.713. The Morgan fingerprint density at radius 1 is 0.826 bits per heavy atom. The van der Waals surface area contributed by atoms with E-state index in [9.17, 15) is 8.78 Å². The van der Waals surface area contributed by atoms with Gasteiger partial charge in [-0.1, -0.05) is 23.7 Å². The van der Waals surface area contributed by atoms with Gasteiger partial charge >= 0.3 is 0 Å². The van der Waals surface area contributed by atoms with Crippen molar-refractivity contribution in [3.63, 3.8) is 0 Å².